The Bertz CT molecular complexity index is 1040. The van der Waals surface area contributed by atoms with E-state index in [0.29, 0.717) is 41.6 Å². The lowest BCUT2D eigenvalue weighted by Gasteiger charge is -2.11. The van der Waals surface area contributed by atoms with Crippen molar-refractivity contribution in [3.05, 3.63) is 90.4 Å². The number of carbonyl (C=O) groups excluding carboxylic acids is 2. The van der Waals surface area contributed by atoms with Crippen molar-refractivity contribution in [3.8, 4) is 5.75 Å². The molecular weight excluding hydrogens is 394 g/mol. The maximum absolute atomic E-state index is 12.3. The Kier molecular flexibility index (Phi) is 7.48. The molecule has 160 valence electrons. The van der Waals surface area contributed by atoms with Crippen LogP contribution in [0.1, 0.15) is 23.0 Å². The third-order valence-corrected chi connectivity index (χ3v) is 4.18. The van der Waals surface area contributed by atoms with E-state index in [9.17, 15) is 9.59 Å². The van der Waals surface area contributed by atoms with Crippen molar-refractivity contribution in [1.82, 2.24) is 5.32 Å². The molecule has 3 rings (SSSR count). The lowest BCUT2D eigenvalue weighted by molar-refractivity contribution is -0.114. The molecule has 0 aliphatic heterocycles. The summed E-state index contributed by atoms with van der Waals surface area (Å²) < 4.78 is 10.8. The van der Waals surface area contributed by atoms with Crippen LogP contribution in [0.2, 0.25) is 0 Å². The van der Waals surface area contributed by atoms with Crippen LogP contribution in [-0.4, -0.2) is 25.0 Å². The highest BCUT2D eigenvalue weighted by Crippen LogP contribution is 2.18. The summed E-state index contributed by atoms with van der Waals surface area (Å²) in [6.07, 6.45) is 1.56. The van der Waals surface area contributed by atoms with E-state index in [1.807, 2.05) is 19.1 Å². The van der Waals surface area contributed by atoms with Gasteiger partial charge in [0, 0.05) is 23.0 Å². The second kappa shape index (κ2) is 10.7. The SMILES string of the molecule is C=C(C)COc1cccc(NC(=O)CNc2cccc(C(=O)NCc3ccco3)c2)c1. The van der Waals surface area contributed by atoms with Crippen LogP contribution in [0.5, 0.6) is 5.75 Å². The maximum Gasteiger partial charge on any atom is 0.251 e. The average molecular weight is 419 g/mol. The largest absolute Gasteiger partial charge is 0.489 e. The van der Waals surface area contributed by atoms with Crippen molar-refractivity contribution in [2.45, 2.75) is 13.5 Å². The average Bonchev–Trinajstić information content (AvgIpc) is 3.29. The Hall–Kier alpha value is -4.00. The third-order valence-electron chi connectivity index (χ3n) is 4.18. The van der Waals surface area contributed by atoms with Crippen LogP contribution in [-0.2, 0) is 11.3 Å². The molecule has 3 aromatic rings. The molecule has 0 unspecified atom stereocenters. The monoisotopic (exact) mass is 419 g/mol. The number of amides is 2. The minimum atomic E-state index is -0.226. The van der Waals surface area contributed by atoms with Crippen LogP contribution in [0.3, 0.4) is 0 Å². The zero-order chi connectivity index (χ0) is 22.1. The van der Waals surface area contributed by atoms with Gasteiger partial charge >= 0.3 is 0 Å². The first-order chi connectivity index (χ1) is 15.0. The second-order valence-corrected chi connectivity index (χ2v) is 7.02. The molecule has 31 heavy (non-hydrogen) atoms. The van der Waals surface area contributed by atoms with Crippen molar-refractivity contribution in [3.63, 3.8) is 0 Å². The number of hydrogen-bond acceptors (Lipinski definition) is 5. The van der Waals surface area contributed by atoms with E-state index in [4.69, 9.17) is 9.15 Å². The number of benzene rings is 2. The predicted molar refractivity (Wildman–Crippen MR) is 120 cm³/mol. The van der Waals surface area contributed by atoms with Gasteiger partial charge in [0.05, 0.1) is 19.4 Å². The van der Waals surface area contributed by atoms with Gasteiger partial charge in [0.25, 0.3) is 5.91 Å². The first-order valence-corrected chi connectivity index (χ1v) is 9.81. The van der Waals surface area contributed by atoms with Gasteiger partial charge < -0.3 is 25.1 Å². The third kappa shape index (κ3) is 7.08. The summed E-state index contributed by atoms with van der Waals surface area (Å²) >= 11 is 0. The zero-order valence-corrected chi connectivity index (χ0v) is 17.3. The molecule has 0 fully saturated rings. The molecule has 2 amide bonds. The number of nitrogens with one attached hydrogen (secondary N) is 3. The van der Waals surface area contributed by atoms with Gasteiger partial charge in [-0.05, 0) is 55.0 Å². The van der Waals surface area contributed by atoms with Gasteiger partial charge in [0.15, 0.2) is 0 Å². The van der Waals surface area contributed by atoms with Crippen LogP contribution in [0.25, 0.3) is 0 Å². The Balaban J connectivity index is 1.50. The molecule has 1 aromatic heterocycles. The number of hydrogen-bond donors (Lipinski definition) is 3. The molecule has 2 aromatic carbocycles. The molecule has 0 bridgehead atoms. The van der Waals surface area contributed by atoms with Gasteiger partial charge in [-0.3, -0.25) is 9.59 Å². The van der Waals surface area contributed by atoms with E-state index in [1.54, 1.807) is 54.8 Å². The molecule has 0 aliphatic carbocycles. The van der Waals surface area contributed by atoms with Gasteiger partial charge in [0.2, 0.25) is 5.91 Å². The van der Waals surface area contributed by atoms with E-state index >= 15 is 0 Å². The molecule has 0 spiro atoms. The van der Waals surface area contributed by atoms with E-state index < -0.39 is 0 Å². The van der Waals surface area contributed by atoms with E-state index in [0.717, 1.165) is 5.57 Å². The molecule has 7 nitrogen and oxygen atoms in total. The fourth-order valence-corrected chi connectivity index (χ4v) is 2.71. The number of carbonyl (C=O) groups is 2. The number of ether oxygens (including phenoxy) is 1. The summed E-state index contributed by atoms with van der Waals surface area (Å²) in [4.78, 5) is 24.6. The molecule has 7 heteroatoms. The highest BCUT2D eigenvalue weighted by atomic mass is 16.5. The van der Waals surface area contributed by atoms with Crippen molar-refractivity contribution in [1.29, 1.82) is 0 Å². The molecule has 0 aliphatic rings. The summed E-state index contributed by atoms with van der Waals surface area (Å²) in [5.41, 5.74) is 2.70. The van der Waals surface area contributed by atoms with Crippen LogP contribution in [0.4, 0.5) is 11.4 Å². The van der Waals surface area contributed by atoms with Gasteiger partial charge in [-0.25, -0.2) is 0 Å². The van der Waals surface area contributed by atoms with Gasteiger partial charge in [-0.1, -0.05) is 18.7 Å². The molecular formula is C24H25N3O4. The number of anilines is 2. The smallest absolute Gasteiger partial charge is 0.251 e. The zero-order valence-electron chi connectivity index (χ0n) is 17.3. The second-order valence-electron chi connectivity index (χ2n) is 7.02. The highest BCUT2D eigenvalue weighted by Gasteiger charge is 2.08. The Morgan fingerprint density at radius 1 is 1.03 bits per heavy atom. The molecule has 1 heterocycles. The maximum atomic E-state index is 12.3. The van der Waals surface area contributed by atoms with Crippen LogP contribution < -0.4 is 20.7 Å². The van der Waals surface area contributed by atoms with E-state index in [1.165, 1.54) is 0 Å². The quantitative estimate of drug-likeness (QED) is 0.428. The van der Waals surface area contributed by atoms with Gasteiger partial charge in [-0.15, -0.1) is 0 Å². The van der Waals surface area contributed by atoms with Gasteiger partial charge in [0.1, 0.15) is 18.1 Å². The lowest BCUT2D eigenvalue weighted by Crippen LogP contribution is -2.23. The minimum absolute atomic E-state index is 0.0499. The summed E-state index contributed by atoms with van der Waals surface area (Å²) in [6.45, 7) is 6.46. The van der Waals surface area contributed by atoms with E-state index in [2.05, 4.69) is 22.5 Å². The predicted octanol–water partition coefficient (Wildman–Crippen LogP) is 4.22. The van der Waals surface area contributed by atoms with Crippen molar-refractivity contribution in [2.24, 2.45) is 0 Å². The van der Waals surface area contributed by atoms with Gasteiger partial charge in [-0.2, -0.15) is 0 Å². The Morgan fingerprint density at radius 2 is 1.84 bits per heavy atom. The lowest BCUT2D eigenvalue weighted by atomic mass is 10.2. The van der Waals surface area contributed by atoms with E-state index in [-0.39, 0.29) is 18.4 Å². The first kappa shape index (κ1) is 21.7. The van der Waals surface area contributed by atoms with Crippen LogP contribution in [0, 0.1) is 0 Å². The molecule has 0 saturated carbocycles. The van der Waals surface area contributed by atoms with Crippen LogP contribution >= 0.6 is 0 Å². The van der Waals surface area contributed by atoms with Crippen molar-refractivity contribution < 1.29 is 18.7 Å². The normalized spacial score (nSPS) is 10.2. The Morgan fingerprint density at radius 3 is 2.61 bits per heavy atom. The fraction of sp³-hybridized carbons (Fsp3) is 0.167. The molecule has 3 N–H and O–H groups in total. The molecule has 0 atom stereocenters. The Labute approximate surface area is 181 Å². The summed E-state index contributed by atoms with van der Waals surface area (Å²) in [5, 5.41) is 8.64. The first-order valence-electron chi connectivity index (χ1n) is 9.81. The molecule has 0 saturated heterocycles. The fourth-order valence-electron chi connectivity index (χ4n) is 2.71. The van der Waals surface area contributed by atoms with Crippen molar-refractivity contribution >= 4 is 23.2 Å². The number of rotatable bonds is 10. The highest BCUT2D eigenvalue weighted by molar-refractivity contribution is 5.96. The summed E-state index contributed by atoms with van der Waals surface area (Å²) in [5.74, 6) is 0.885. The van der Waals surface area contributed by atoms with Crippen molar-refractivity contribution in [2.75, 3.05) is 23.8 Å². The molecule has 0 radical (unpaired) electrons. The standard InChI is InChI=1S/C24H25N3O4/c1-17(2)16-31-21-9-4-8-20(13-21)27-23(28)15-25-19-7-3-6-18(12-19)24(29)26-14-22-10-5-11-30-22/h3-13,25H,1,14-16H2,2H3,(H,26,29)(H,27,28). The minimum Gasteiger partial charge on any atom is -0.489 e. The number of furan rings is 1. The van der Waals surface area contributed by atoms with Crippen LogP contribution in [0.15, 0.2) is 83.5 Å². The topological polar surface area (TPSA) is 92.6 Å². The summed E-state index contributed by atoms with van der Waals surface area (Å²) in [6, 6.07) is 17.7. The summed E-state index contributed by atoms with van der Waals surface area (Å²) in [7, 11) is 0.